The Bertz CT molecular complexity index is 518. The van der Waals surface area contributed by atoms with E-state index in [0.29, 0.717) is 5.69 Å². The number of nitriles is 1. The predicted octanol–water partition coefficient (Wildman–Crippen LogP) is 2.45. The van der Waals surface area contributed by atoms with E-state index >= 15 is 0 Å². The van der Waals surface area contributed by atoms with Crippen molar-refractivity contribution in [3.05, 3.63) is 33.9 Å². The van der Waals surface area contributed by atoms with E-state index in [4.69, 9.17) is 10.00 Å². The summed E-state index contributed by atoms with van der Waals surface area (Å²) in [5.74, 6) is 0. The highest BCUT2D eigenvalue weighted by atomic mass is 16.6. The largest absolute Gasteiger partial charge is 0.380 e. The molecule has 1 aromatic carbocycles. The van der Waals surface area contributed by atoms with Crippen LogP contribution in [0.2, 0.25) is 0 Å². The SMILES string of the molecule is CC(Nc1ccc([N+](=O)[O-])c(C#N)c1)C1CCCO1. The van der Waals surface area contributed by atoms with Crippen LogP contribution >= 0.6 is 0 Å². The fourth-order valence-electron chi connectivity index (χ4n) is 2.23. The molecule has 1 saturated heterocycles. The summed E-state index contributed by atoms with van der Waals surface area (Å²) < 4.78 is 5.57. The summed E-state index contributed by atoms with van der Waals surface area (Å²) in [6.07, 6.45) is 2.22. The summed E-state index contributed by atoms with van der Waals surface area (Å²) in [5, 5.41) is 22.9. The summed E-state index contributed by atoms with van der Waals surface area (Å²) in [6, 6.07) is 6.42. The third-order valence-corrected chi connectivity index (χ3v) is 3.23. The number of hydrogen-bond donors (Lipinski definition) is 1. The second-order valence-electron chi connectivity index (χ2n) is 4.59. The molecule has 0 spiro atoms. The second-order valence-corrected chi connectivity index (χ2v) is 4.59. The van der Waals surface area contributed by atoms with Crippen LogP contribution in [0.1, 0.15) is 25.3 Å². The zero-order valence-corrected chi connectivity index (χ0v) is 10.6. The molecule has 0 saturated carbocycles. The summed E-state index contributed by atoms with van der Waals surface area (Å²) in [5.41, 5.74) is 0.595. The van der Waals surface area contributed by atoms with Crippen LogP contribution in [-0.2, 0) is 4.74 Å². The van der Waals surface area contributed by atoms with Crippen molar-refractivity contribution in [2.45, 2.75) is 31.9 Å². The average molecular weight is 261 g/mol. The number of benzene rings is 1. The van der Waals surface area contributed by atoms with Crippen LogP contribution in [0.15, 0.2) is 18.2 Å². The van der Waals surface area contributed by atoms with Gasteiger partial charge in [-0.1, -0.05) is 0 Å². The van der Waals surface area contributed by atoms with Gasteiger partial charge < -0.3 is 10.1 Å². The van der Waals surface area contributed by atoms with Crippen molar-refractivity contribution in [3.63, 3.8) is 0 Å². The number of nitro benzene ring substituents is 1. The number of hydrogen-bond acceptors (Lipinski definition) is 5. The molecule has 1 aliphatic heterocycles. The van der Waals surface area contributed by atoms with Gasteiger partial charge in [-0.05, 0) is 31.9 Å². The molecule has 1 heterocycles. The predicted molar refractivity (Wildman–Crippen MR) is 69.9 cm³/mol. The number of nitrogens with one attached hydrogen (secondary N) is 1. The maximum atomic E-state index is 10.7. The Morgan fingerprint density at radius 2 is 2.42 bits per heavy atom. The van der Waals surface area contributed by atoms with E-state index in [1.807, 2.05) is 13.0 Å². The van der Waals surface area contributed by atoms with Crippen LogP contribution in [0.4, 0.5) is 11.4 Å². The fraction of sp³-hybridized carbons (Fsp3) is 0.462. The second kappa shape index (κ2) is 5.67. The normalized spacial score (nSPS) is 19.7. The van der Waals surface area contributed by atoms with Crippen molar-refractivity contribution >= 4 is 11.4 Å². The van der Waals surface area contributed by atoms with Gasteiger partial charge in [-0.15, -0.1) is 0 Å². The molecule has 0 bridgehead atoms. The van der Waals surface area contributed by atoms with Gasteiger partial charge in [0.25, 0.3) is 5.69 Å². The highest BCUT2D eigenvalue weighted by Gasteiger charge is 2.22. The van der Waals surface area contributed by atoms with Gasteiger partial charge in [-0.25, -0.2) is 0 Å². The Labute approximate surface area is 111 Å². The van der Waals surface area contributed by atoms with Gasteiger partial charge in [0.05, 0.1) is 11.0 Å². The van der Waals surface area contributed by atoms with E-state index in [-0.39, 0.29) is 23.4 Å². The average Bonchev–Trinajstić information content (AvgIpc) is 2.92. The molecule has 2 atom stereocenters. The zero-order valence-electron chi connectivity index (χ0n) is 10.6. The maximum Gasteiger partial charge on any atom is 0.287 e. The van der Waals surface area contributed by atoms with Gasteiger partial charge in [0.1, 0.15) is 11.6 Å². The fourth-order valence-corrected chi connectivity index (χ4v) is 2.23. The number of anilines is 1. The van der Waals surface area contributed by atoms with Crippen LogP contribution in [-0.4, -0.2) is 23.7 Å². The molecule has 0 amide bonds. The van der Waals surface area contributed by atoms with Gasteiger partial charge in [0, 0.05) is 24.4 Å². The molecule has 1 N–H and O–H groups in total. The lowest BCUT2D eigenvalue weighted by molar-refractivity contribution is -0.385. The first-order valence-electron chi connectivity index (χ1n) is 6.18. The van der Waals surface area contributed by atoms with E-state index in [0.717, 1.165) is 19.4 Å². The van der Waals surface area contributed by atoms with Gasteiger partial charge in [-0.3, -0.25) is 10.1 Å². The lowest BCUT2D eigenvalue weighted by Crippen LogP contribution is -2.29. The van der Waals surface area contributed by atoms with E-state index in [9.17, 15) is 10.1 Å². The van der Waals surface area contributed by atoms with Crippen LogP contribution in [0, 0.1) is 21.4 Å². The number of rotatable bonds is 4. The molecule has 19 heavy (non-hydrogen) atoms. The molecule has 100 valence electrons. The third-order valence-electron chi connectivity index (χ3n) is 3.23. The van der Waals surface area contributed by atoms with Gasteiger partial charge in [0.2, 0.25) is 0 Å². The van der Waals surface area contributed by atoms with Crippen LogP contribution in [0.5, 0.6) is 0 Å². The maximum absolute atomic E-state index is 10.7. The molecule has 6 nitrogen and oxygen atoms in total. The molecule has 0 aromatic heterocycles. The molecule has 6 heteroatoms. The van der Waals surface area contributed by atoms with Gasteiger partial charge >= 0.3 is 0 Å². The van der Waals surface area contributed by atoms with Crippen molar-refractivity contribution in [3.8, 4) is 6.07 Å². The highest BCUT2D eigenvalue weighted by molar-refractivity contribution is 5.59. The third kappa shape index (κ3) is 3.01. The van der Waals surface area contributed by atoms with Crippen molar-refractivity contribution in [1.82, 2.24) is 0 Å². The minimum atomic E-state index is -0.550. The summed E-state index contributed by atoms with van der Waals surface area (Å²) in [6.45, 7) is 2.78. The molecule has 1 fully saturated rings. The van der Waals surface area contributed by atoms with E-state index in [1.54, 1.807) is 6.07 Å². The Kier molecular flexibility index (Phi) is 3.97. The number of nitrogens with zero attached hydrogens (tertiary/aromatic N) is 2. The molecule has 1 aliphatic rings. The Balaban J connectivity index is 2.13. The lowest BCUT2D eigenvalue weighted by Gasteiger charge is -2.21. The van der Waals surface area contributed by atoms with Crippen molar-refractivity contribution in [2.24, 2.45) is 0 Å². The standard InChI is InChI=1S/C13H15N3O3/c1-9(13-3-2-6-19-13)15-11-4-5-12(16(17)18)10(7-11)8-14/h4-5,7,9,13,15H,2-3,6H2,1H3. The molecule has 0 radical (unpaired) electrons. The van der Waals surface area contributed by atoms with Crippen LogP contribution < -0.4 is 5.32 Å². The zero-order chi connectivity index (χ0) is 13.8. The summed E-state index contributed by atoms with van der Waals surface area (Å²) in [4.78, 5) is 10.2. The summed E-state index contributed by atoms with van der Waals surface area (Å²) in [7, 11) is 0. The van der Waals surface area contributed by atoms with Crippen molar-refractivity contribution in [1.29, 1.82) is 5.26 Å². The topological polar surface area (TPSA) is 88.2 Å². The lowest BCUT2D eigenvalue weighted by atomic mass is 10.1. The summed E-state index contributed by atoms with van der Waals surface area (Å²) >= 11 is 0. The molecular weight excluding hydrogens is 246 g/mol. The molecule has 2 rings (SSSR count). The first-order valence-corrected chi connectivity index (χ1v) is 6.18. The molecular formula is C13H15N3O3. The number of nitro groups is 1. The van der Waals surface area contributed by atoms with Crippen molar-refractivity contribution in [2.75, 3.05) is 11.9 Å². The monoisotopic (exact) mass is 261 g/mol. The van der Waals surface area contributed by atoms with Crippen LogP contribution in [0.3, 0.4) is 0 Å². The molecule has 1 aromatic rings. The Morgan fingerprint density at radius 3 is 3.00 bits per heavy atom. The molecule has 2 unspecified atom stereocenters. The number of ether oxygens (including phenoxy) is 1. The van der Waals surface area contributed by atoms with Gasteiger partial charge in [-0.2, -0.15) is 5.26 Å². The first-order chi connectivity index (χ1) is 9.11. The smallest absolute Gasteiger partial charge is 0.287 e. The molecule has 0 aliphatic carbocycles. The van der Waals surface area contributed by atoms with Crippen LogP contribution in [0.25, 0.3) is 0 Å². The minimum Gasteiger partial charge on any atom is -0.380 e. The first kappa shape index (κ1) is 13.3. The van der Waals surface area contributed by atoms with E-state index in [1.165, 1.54) is 12.1 Å². The minimum absolute atomic E-state index is 0.0644. The van der Waals surface area contributed by atoms with Gasteiger partial charge in [0.15, 0.2) is 0 Å². The Hall–Kier alpha value is -2.13. The highest BCUT2D eigenvalue weighted by Crippen LogP contribution is 2.24. The van der Waals surface area contributed by atoms with E-state index < -0.39 is 4.92 Å². The van der Waals surface area contributed by atoms with E-state index in [2.05, 4.69) is 5.32 Å². The quantitative estimate of drug-likeness (QED) is 0.664. The Morgan fingerprint density at radius 1 is 1.63 bits per heavy atom. The van der Waals surface area contributed by atoms with Crippen molar-refractivity contribution < 1.29 is 9.66 Å².